The largest absolute Gasteiger partial charge is 0.379 e. The topological polar surface area (TPSA) is 85.9 Å². The summed E-state index contributed by atoms with van der Waals surface area (Å²) < 4.78 is 32.5. The molecule has 0 spiro atoms. The van der Waals surface area contributed by atoms with Crippen LogP contribution in [0.25, 0.3) is 5.70 Å². The number of hydrogen-bond donors (Lipinski definition) is 0. The van der Waals surface area contributed by atoms with E-state index >= 15 is 0 Å². The molecule has 0 N–H and O–H groups in total. The van der Waals surface area contributed by atoms with Crippen molar-refractivity contribution in [1.29, 1.82) is 5.26 Å². The van der Waals surface area contributed by atoms with Gasteiger partial charge in [0.1, 0.15) is 11.6 Å². The van der Waals surface area contributed by atoms with Gasteiger partial charge in [-0.2, -0.15) is 10.0 Å². The highest BCUT2D eigenvalue weighted by molar-refractivity contribution is 7.60. The molecule has 0 saturated carbocycles. The monoisotopic (exact) mass is 456 g/mol. The van der Waals surface area contributed by atoms with Crippen LogP contribution in [-0.4, -0.2) is 99.0 Å². The average molecular weight is 456 g/mol. The first-order chi connectivity index (χ1) is 15.8. The number of amidine groups is 1. The predicted molar refractivity (Wildman–Crippen MR) is 123 cm³/mol. The van der Waals surface area contributed by atoms with E-state index in [0.717, 1.165) is 56.4 Å². The maximum Gasteiger partial charge on any atom is 0.219 e. The predicted octanol–water partition coefficient (Wildman–Crippen LogP) is 2.28. The summed E-state index contributed by atoms with van der Waals surface area (Å²) in [6.45, 7) is 8.48. The molecule has 0 aliphatic carbocycles. The van der Waals surface area contributed by atoms with Gasteiger partial charge in [-0.1, -0.05) is 30.3 Å². The van der Waals surface area contributed by atoms with Crippen molar-refractivity contribution in [2.45, 2.75) is 0 Å². The third-order valence-corrected chi connectivity index (χ3v) is 9.37. The van der Waals surface area contributed by atoms with Crippen LogP contribution in [0.2, 0.25) is 0 Å². The molecule has 32 heavy (non-hydrogen) atoms. The Morgan fingerprint density at radius 2 is 1.31 bits per heavy atom. The fourth-order valence-corrected chi connectivity index (χ4v) is 7.74. The summed E-state index contributed by atoms with van der Waals surface area (Å²) in [5.74, 6) is 0.760. The van der Waals surface area contributed by atoms with Crippen LogP contribution >= 0.6 is 7.51 Å². The summed E-state index contributed by atoms with van der Waals surface area (Å²) in [4.78, 5) is 2.20. The maximum absolute atomic E-state index is 10.3. The Kier molecular flexibility index (Phi) is 6.69. The molecule has 9 nitrogen and oxygen atoms in total. The van der Waals surface area contributed by atoms with Gasteiger partial charge in [0, 0.05) is 44.8 Å². The van der Waals surface area contributed by atoms with Crippen molar-refractivity contribution in [1.82, 2.24) is 14.2 Å². The van der Waals surface area contributed by atoms with Crippen LogP contribution in [0, 0.1) is 11.3 Å². The van der Waals surface area contributed by atoms with Crippen LogP contribution in [0.1, 0.15) is 5.56 Å². The summed E-state index contributed by atoms with van der Waals surface area (Å²) in [5.41, 5.74) is 2.25. The van der Waals surface area contributed by atoms with E-state index in [9.17, 15) is 5.26 Å². The number of hydrogen-bond acceptors (Lipinski definition) is 9. The van der Waals surface area contributed by atoms with E-state index in [2.05, 4.69) is 20.3 Å². The van der Waals surface area contributed by atoms with Gasteiger partial charge in [-0.15, -0.1) is 0 Å². The van der Waals surface area contributed by atoms with Gasteiger partial charge in [-0.25, -0.2) is 14.1 Å². The van der Waals surface area contributed by atoms with Crippen molar-refractivity contribution in [3.05, 3.63) is 41.5 Å². The molecule has 0 bridgehead atoms. The van der Waals surface area contributed by atoms with Crippen LogP contribution in [0.4, 0.5) is 0 Å². The van der Waals surface area contributed by atoms with Gasteiger partial charge in [-0.05, 0) is 0 Å². The van der Waals surface area contributed by atoms with Crippen molar-refractivity contribution in [2.75, 3.05) is 78.9 Å². The standard InChI is InChI=1S/C22H29N6O3P/c23-18-20-21(19-4-2-1-3-5-19)24-32(27-8-14-30-15-9-27,28-10-16-31-17-11-28)25-22(20)26-6-12-29-13-7-26/h1-5H,6-17H2. The van der Waals surface area contributed by atoms with E-state index < -0.39 is 7.51 Å². The maximum atomic E-state index is 10.3. The first kappa shape index (κ1) is 21.8. The SMILES string of the molecule is N#CC1=C(c2ccccc2)N=P(N2CCOCC2)(N2CCOCC2)N=C1N1CCOCC1. The molecule has 170 valence electrons. The quantitative estimate of drug-likeness (QED) is 0.645. The molecule has 4 aliphatic rings. The zero-order valence-corrected chi connectivity index (χ0v) is 19.1. The Bertz CT molecular complexity index is 949. The second-order valence-corrected chi connectivity index (χ2v) is 10.6. The fraction of sp³-hybridized carbons (Fsp3) is 0.545. The summed E-state index contributed by atoms with van der Waals surface area (Å²) >= 11 is 0. The molecular formula is C22H29N6O3P. The lowest BCUT2D eigenvalue weighted by atomic mass is 10.1. The molecular weight excluding hydrogens is 427 g/mol. The molecule has 4 aliphatic heterocycles. The lowest BCUT2D eigenvalue weighted by molar-refractivity contribution is 0.0564. The van der Waals surface area contributed by atoms with Gasteiger partial charge >= 0.3 is 0 Å². The zero-order chi connectivity index (χ0) is 21.8. The van der Waals surface area contributed by atoms with E-state index in [-0.39, 0.29) is 0 Å². The molecule has 0 aromatic heterocycles. The third kappa shape index (κ3) is 4.15. The molecule has 3 fully saturated rings. The number of ether oxygens (including phenoxy) is 3. The molecule has 0 amide bonds. The van der Waals surface area contributed by atoms with Gasteiger partial charge in [-0.3, -0.25) is 0 Å². The zero-order valence-electron chi connectivity index (χ0n) is 18.2. The average Bonchev–Trinajstić information content (AvgIpc) is 2.90. The number of rotatable bonds is 3. The Morgan fingerprint density at radius 1 is 0.781 bits per heavy atom. The van der Waals surface area contributed by atoms with Crippen LogP contribution in [0.5, 0.6) is 0 Å². The lowest BCUT2D eigenvalue weighted by Crippen LogP contribution is -2.46. The van der Waals surface area contributed by atoms with E-state index in [1.54, 1.807) is 0 Å². The molecule has 1 aromatic rings. The summed E-state index contributed by atoms with van der Waals surface area (Å²) in [7, 11) is -2.51. The molecule has 0 atom stereocenters. The Balaban J connectivity index is 1.72. The Morgan fingerprint density at radius 3 is 1.84 bits per heavy atom. The summed E-state index contributed by atoms with van der Waals surface area (Å²) in [6.07, 6.45) is 0. The van der Waals surface area contributed by atoms with Crippen LogP contribution in [0.15, 0.2) is 45.4 Å². The fourth-order valence-electron chi connectivity index (χ4n) is 4.46. The minimum Gasteiger partial charge on any atom is -0.379 e. The lowest BCUT2D eigenvalue weighted by Gasteiger charge is -2.46. The van der Waals surface area contributed by atoms with Crippen molar-refractivity contribution in [3.63, 3.8) is 0 Å². The smallest absolute Gasteiger partial charge is 0.219 e. The normalized spacial score (nSPS) is 25.1. The molecule has 1 aromatic carbocycles. The van der Waals surface area contributed by atoms with Gasteiger partial charge in [0.05, 0.1) is 45.3 Å². The number of nitriles is 1. The number of morpholine rings is 3. The summed E-state index contributed by atoms with van der Waals surface area (Å²) in [6, 6.07) is 12.5. The van der Waals surface area contributed by atoms with Crippen LogP contribution in [0.3, 0.4) is 0 Å². The van der Waals surface area contributed by atoms with Crippen LogP contribution in [-0.2, 0) is 14.2 Å². The van der Waals surface area contributed by atoms with E-state index in [0.29, 0.717) is 45.2 Å². The molecule has 0 unspecified atom stereocenters. The van der Waals surface area contributed by atoms with Crippen molar-refractivity contribution >= 4 is 19.0 Å². The van der Waals surface area contributed by atoms with Crippen molar-refractivity contribution < 1.29 is 14.2 Å². The van der Waals surface area contributed by atoms with Crippen LogP contribution < -0.4 is 0 Å². The van der Waals surface area contributed by atoms with Crippen molar-refractivity contribution in [2.24, 2.45) is 9.51 Å². The highest BCUT2D eigenvalue weighted by Crippen LogP contribution is 2.62. The highest BCUT2D eigenvalue weighted by atomic mass is 31.2. The first-order valence-electron chi connectivity index (χ1n) is 11.2. The minimum absolute atomic E-state index is 0.551. The molecule has 10 heteroatoms. The van der Waals surface area contributed by atoms with Gasteiger partial charge in [0.25, 0.3) is 0 Å². The second-order valence-electron chi connectivity index (χ2n) is 7.99. The van der Waals surface area contributed by atoms with E-state index in [1.165, 1.54) is 0 Å². The van der Waals surface area contributed by atoms with Gasteiger partial charge in [0.15, 0.2) is 5.84 Å². The summed E-state index contributed by atoms with van der Waals surface area (Å²) in [5, 5.41) is 10.3. The molecule has 5 rings (SSSR count). The Labute approximate surface area is 189 Å². The van der Waals surface area contributed by atoms with Crippen molar-refractivity contribution in [3.8, 4) is 6.07 Å². The molecule has 0 radical (unpaired) electrons. The highest BCUT2D eigenvalue weighted by Gasteiger charge is 2.41. The first-order valence-corrected chi connectivity index (χ1v) is 12.8. The van der Waals surface area contributed by atoms with E-state index in [4.69, 9.17) is 23.7 Å². The Hall–Kier alpha value is -2.05. The number of nitrogens with zero attached hydrogens (tertiary/aromatic N) is 6. The third-order valence-electron chi connectivity index (χ3n) is 6.13. The number of benzene rings is 1. The minimum atomic E-state index is -2.51. The molecule has 3 saturated heterocycles. The van der Waals surface area contributed by atoms with E-state index in [1.807, 2.05) is 30.3 Å². The van der Waals surface area contributed by atoms with Gasteiger partial charge < -0.3 is 19.1 Å². The molecule has 4 heterocycles. The second kappa shape index (κ2) is 9.84. The van der Waals surface area contributed by atoms with Gasteiger partial charge in [0.2, 0.25) is 7.51 Å².